The number of likely N-dealkylation sites (tertiary alicyclic amines) is 1. The summed E-state index contributed by atoms with van der Waals surface area (Å²) >= 11 is 0. The first-order chi connectivity index (χ1) is 14.6. The van der Waals surface area contributed by atoms with Crippen LogP contribution in [0, 0.1) is 5.92 Å². The lowest BCUT2D eigenvalue weighted by molar-refractivity contribution is -0.132. The highest BCUT2D eigenvalue weighted by molar-refractivity contribution is 5.78. The number of benzene rings is 1. The summed E-state index contributed by atoms with van der Waals surface area (Å²) in [5.74, 6) is 2.03. The molecule has 0 N–H and O–H groups in total. The van der Waals surface area contributed by atoms with Crippen molar-refractivity contribution in [2.24, 2.45) is 5.92 Å². The Hall–Kier alpha value is -3.09. The van der Waals surface area contributed by atoms with Gasteiger partial charge in [0.1, 0.15) is 5.69 Å². The first-order valence-electron chi connectivity index (χ1n) is 10.5. The number of aromatic nitrogens is 4. The van der Waals surface area contributed by atoms with Crippen LogP contribution in [0.5, 0.6) is 0 Å². The molecule has 2 aromatic heterocycles. The molecule has 1 unspecified atom stereocenters. The Balaban J connectivity index is 1.34. The first kappa shape index (κ1) is 20.2. The number of carbonyl (C=O) groups excluding carboxylic acids is 1. The Kier molecular flexibility index (Phi) is 6.16. The van der Waals surface area contributed by atoms with Crippen LogP contribution in [-0.4, -0.2) is 44.0 Å². The van der Waals surface area contributed by atoms with E-state index in [0.717, 1.165) is 31.5 Å². The summed E-state index contributed by atoms with van der Waals surface area (Å²) in [5.41, 5.74) is 2.96. The summed E-state index contributed by atoms with van der Waals surface area (Å²) in [6.45, 7) is 5.89. The van der Waals surface area contributed by atoms with E-state index in [0.29, 0.717) is 42.1 Å². The van der Waals surface area contributed by atoms with Crippen LogP contribution in [0.2, 0.25) is 0 Å². The molecule has 1 aliphatic heterocycles. The number of rotatable bonds is 6. The first-order valence-corrected chi connectivity index (χ1v) is 10.5. The van der Waals surface area contributed by atoms with Crippen molar-refractivity contribution in [1.29, 1.82) is 0 Å². The zero-order valence-electron chi connectivity index (χ0n) is 17.5. The largest absolute Gasteiger partial charge is 0.342 e. The van der Waals surface area contributed by atoms with E-state index in [4.69, 9.17) is 4.52 Å². The van der Waals surface area contributed by atoms with E-state index < -0.39 is 0 Å². The van der Waals surface area contributed by atoms with Crippen LogP contribution in [0.25, 0.3) is 11.5 Å². The second-order valence-corrected chi connectivity index (χ2v) is 8.23. The van der Waals surface area contributed by atoms with Gasteiger partial charge in [-0.1, -0.05) is 43.3 Å². The van der Waals surface area contributed by atoms with Crippen LogP contribution in [0.15, 0.2) is 47.4 Å². The number of carbonyl (C=O) groups is 1. The third kappa shape index (κ3) is 4.90. The fourth-order valence-electron chi connectivity index (χ4n) is 3.87. The number of amides is 1. The van der Waals surface area contributed by atoms with Gasteiger partial charge in [-0.3, -0.25) is 9.78 Å². The molecule has 3 heterocycles. The predicted molar refractivity (Wildman–Crippen MR) is 113 cm³/mol. The van der Waals surface area contributed by atoms with Gasteiger partial charge in [0, 0.05) is 31.9 Å². The van der Waals surface area contributed by atoms with Gasteiger partial charge >= 0.3 is 0 Å². The number of hydrogen-bond donors (Lipinski definition) is 0. The maximum Gasteiger partial charge on any atom is 0.227 e. The lowest BCUT2D eigenvalue weighted by Gasteiger charge is -2.32. The highest BCUT2D eigenvalue weighted by Gasteiger charge is 2.25. The molecule has 156 valence electrons. The van der Waals surface area contributed by atoms with Crippen LogP contribution in [-0.2, 0) is 17.6 Å². The summed E-state index contributed by atoms with van der Waals surface area (Å²) in [7, 11) is 0. The fraction of sp³-hybridized carbons (Fsp3) is 0.435. The Morgan fingerprint density at radius 2 is 2.07 bits per heavy atom. The van der Waals surface area contributed by atoms with Crippen molar-refractivity contribution in [2.45, 2.75) is 45.4 Å². The fourth-order valence-corrected chi connectivity index (χ4v) is 3.87. The molecule has 1 amide bonds. The van der Waals surface area contributed by atoms with E-state index >= 15 is 0 Å². The zero-order chi connectivity index (χ0) is 20.9. The molecular formula is C23H27N5O2. The summed E-state index contributed by atoms with van der Waals surface area (Å²) in [4.78, 5) is 27.5. The molecule has 1 aromatic carbocycles. The van der Waals surface area contributed by atoms with Gasteiger partial charge in [-0.2, -0.15) is 4.98 Å². The van der Waals surface area contributed by atoms with Gasteiger partial charge < -0.3 is 9.42 Å². The maximum absolute atomic E-state index is 12.8. The normalized spacial score (nSPS) is 16.8. The van der Waals surface area contributed by atoms with E-state index in [1.165, 1.54) is 5.56 Å². The van der Waals surface area contributed by atoms with Crippen LogP contribution in [0.1, 0.15) is 49.6 Å². The SMILES string of the molecule is CC(C)c1ccc(CC(=O)N2CCCC(Cc3nc(-c4cnccn4)no3)C2)cc1. The second-order valence-electron chi connectivity index (χ2n) is 8.23. The zero-order valence-corrected chi connectivity index (χ0v) is 17.5. The molecule has 0 radical (unpaired) electrons. The molecule has 1 aliphatic rings. The molecule has 0 spiro atoms. The molecule has 7 heteroatoms. The molecule has 4 rings (SSSR count). The Bertz CT molecular complexity index is 969. The molecule has 1 saturated heterocycles. The summed E-state index contributed by atoms with van der Waals surface area (Å²) in [5, 5.41) is 4.01. The van der Waals surface area contributed by atoms with Crippen molar-refractivity contribution in [3.05, 3.63) is 59.9 Å². The summed E-state index contributed by atoms with van der Waals surface area (Å²) in [6, 6.07) is 8.38. The minimum absolute atomic E-state index is 0.183. The van der Waals surface area contributed by atoms with E-state index in [2.05, 4.69) is 58.2 Å². The van der Waals surface area contributed by atoms with Crippen molar-refractivity contribution in [3.8, 4) is 11.5 Å². The predicted octanol–water partition coefficient (Wildman–Crippen LogP) is 3.67. The van der Waals surface area contributed by atoms with Gasteiger partial charge in [0.15, 0.2) is 0 Å². The third-order valence-electron chi connectivity index (χ3n) is 5.60. The standard InChI is InChI=1S/C23H27N5O2/c1-16(2)19-7-5-17(6-8-19)13-22(29)28-11-3-4-18(15-28)12-21-26-23(27-30-21)20-14-24-9-10-25-20/h5-10,14,16,18H,3-4,11-13,15H2,1-2H3. The molecule has 0 aliphatic carbocycles. The maximum atomic E-state index is 12.8. The Labute approximate surface area is 176 Å². The lowest BCUT2D eigenvalue weighted by Crippen LogP contribution is -2.41. The summed E-state index contributed by atoms with van der Waals surface area (Å²) in [6.07, 6.45) is 7.98. The highest BCUT2D eigenvalue weighted by Crippen LogP contribution is 2.22. The van der Waals surface area contributed by atoms with Gasteiger partial charge in [-0.05, 0) is 35.8 Å². The smallest absolute Gasteiger partial charge is 0.227 e. The van der Waals surface area contributed by atoms with E-state index in [-0.39, 0.29) is 5.91 Å². The molecule has 7 nitrogen and oxygen atoms in total. The molecule has 3 aromatic rings. The van der Waals surface area contributed by atoms with Crippen molar-refractivity contribution in [2.75, 3.05) is 13.1 Å². The molecular weight excluding hydrogens is 378 g/mol. The van der Waals surface area contributed by atoms with Crippen LogP contribution in [0.4, 0.5) is 0 Å². The van der Waals surface area contributed by atoms with E-state index in [1.54, 1.807) is 18.6 Å². The number of hydrogen-bond acceptors (Lipinski definition) is 6. The molecule has 1 atom stereocenters. The van der Waals surface area contributed by atoms with Crippen molar-refractivity contribution in [3.63, 3.8) is 0 Å². The monoisotopic (exact) mass is 405 g/mol. The van der Waals surface area contributed by atoms with Gasteiger partial charge in [0.25, 0.3) is 0 Å². The van der Waals surface area contributed by atoms with Gasteiger partial charge in [-0.15, -0.1) is 0 Å². The third-order valence-corrected chi connectivity index (χ3v) is 5.60. The van der Waals surface area contributed by atoms with Crippen LogP contribution >= 0.6 is 0 Å². The van der Waals surface area contributed by atoms with Gasteiger partial charge in [-0.25, -0.2) is 4.98 Å². The average molecular weight is 406 g/mol. The van der Waals surface area contributed by atoms with Gasteiger partial charge in [0.2, 0.25) is 17.6 Å². The lowest BCUT2D eigenvalue weighted by atomic mass is 9.94. The molecule has 1 fully saturated rings. The Morgan fingerprint density at radius 3 is 2.80 bits per heavy atom. The van der Waals surface area contributed by atoms with E-state index in [9.17, 15) is 4.79 Å². The molecule has 30 heavy (non-hydrogen) atoms. The van der Waals surface area contributed by atoms with Crippen LogP contribution < -0.4 is 0 Å². The molecule has 0 saturated carbocycles. The molecule has 0 bridgehead atoms. The van der Waals surface area contributed by atoms with Crippen molar-refractivity contribution in [1.82, 2.24) is 25.0 Å². The average Bonchev–Trinajstić information content (AvgIpc) is 3.23. The Morgan fingerprint density at radius 1 is 1.23 bits per heavy atom. The van der Waals surface area contributed by atoms with Gasteiger partial charge in [0.05, 0.1) is 12.6 Å². The number of piperidine rings is 1. The van der Waals surface area contributed by atoms with E-state index in [1.807, 2.05) is 4.90 Å². The second kappa shape index (κ2) is 9.15. The number of nitrogens with zero attached hydrogens (tertiary/aromatic N) is 5. The topological polar surface area (TPSA) is 85.0 Å². The van der Waals surface area contributed by atoms with Crippen molar-refractivity contribution < 1.29 is 9.32 Å². The highest BCUT2D eigenvalue weighted by atomic mass is 16.5. The minimum Gasteiger partial charge on any atom is -0.342 e. The van der Waals surface area contributed by atoms with Crippen LogP contribution in [0.3, 0.4) is 0 Å². The minimum atomic E-state index is 0.183. The summed E-state index contributed by atoms with van der Waals surface area (Å²) < 4.78 is 5.41. The van der Waals surface area contributed by atoms with Crippen molar-refractivity contribution >= 4 is 5.91 Å². The quantitative estimate of drug-likeness (QED) is 0.622.